The third kappa shape index (κ3) is 4.68. The van der Waals surface area contributed by atoms with Crippen LogP contribution in [0.15, 0.2) is 22.7 Å². The number of rotatable bonds is 3. The van der Waals surface area contributed by atoms with E-state index in [4.69, 9.17) is 34.3 Å². The molecule has 1 aromatic rings. The maximum atomic E-state index is 12.8. The van der Waals surface area contributed by atoms with Crippen LogP contribution in [0, 0.1) is 22.7 Å². The van der Waals surface area contributed by atoms with Gasteiger partial charge in [0.05, 0.1) is 26.7 Å². The monoisotopic (exact) mass is 463 g/mol. The SMILES string of the molecule is N#CC1=C(SC(F)(F)F)C(C#N)N(N)N1c1c(Cl)cc(OC(F)(F)F)cc1Cl. The van der Waals surface area contributed by atoms with Crippen LogP contribution in [-0.4, -0.2) is 23.0 Å². The van der Waals surface area contributed by atoms with Crippen molar-refractivity contribution in [2.75, 3.05) is 5.01 Å². The van der Waals surface area contributed by atoms with Crippen LogP contribution in [-0.2, 0) is 0 Å². The molecule has 1 heterocycles. The number of thioether (sulfide) groups is 1. The number of nitrogens with two attached hydrogens (primary N) is 1. The fourth-order valence-corrected chi connectivity index (χ4v) is 3.58. The van der Waals surface area contributed by atoms with Crippen molar-refractivity contribution in [1.29, 1.82) is 10.5 Å². The zero-order valence-electron chi connectivity index (χ0n) is 12.9. The molecule has 0 radical (unpaired) electrons. The van der Waals surface area contributed by atoms with E-state index in [2.05, 4.69) is 4.74 Å². The molecule has 0 spiro atoms. The molecule has 0 aromatic heterocycles. The number of anilines is 1. The normalized spacial score (nSPS) is 18.2. The third-order valence-corrected chi connectivity index (χ3v) is 4.52. The second-order valence-corrected chi connectivity index (χ2v) is 6.80. The zero-order chi connectivity index (χ0) is 21.4. The number of halogens is 8. The highest BCUT2D eigenvalue weighted by Gasteiger charge is 2.46. The minimum absolute atomic E-state index is 0.407. The van der Waals surface area contributed by atoms with Crippen molar-refractivity contribution < 1.29 is 31.1 Å². The number of hydrogen-bond acceptors (Lipinski definition) is 7. The second-order valence-electron chi connectivity index (χ2n) is 4.88. The molecule has 2 rings (SSSR count). The quantitative estimate of drug-likeness (QED) is 0.513. The van der Waals surface area contributed by atoms with Crippen molar-refractivity contribution in [2.24, 2.45) is 5.84 Å². The summed E-state index contributed by atoms with van der Waals surface area (Å²) in [5, 5.41) is 18.5. The van der Waals surface area contributed by atoms with Crippen LogP contribution in [0.3, 0.4) is 0 Å². The molecule has 28 heavy (non-hydrogen) atoms. The molecule has 1 atom stereocenters. The fourth-order valence-electron chi connectivity index (χ4n) is 2.20. The summed E-state index contributed by atoms with van der Waals surface area (Å²) >= 11 is 11.1. The van der Waals surface area contributed by atoms with Crippen LogP contribution < -0.4 is 15.6 Å². The molecule has 0 saturated carbocycles. The Labute approximate surface area is 167 Å². The minimum Gasteiger partial charge on any atom is -0.406 e. The van der Waals surface area contributed by atoms with E-state index >= 15 is 0 Å². The largest absolute Gasteiger partial charge is 0.573 e. The first-order chi connectivity index (χ1) is 12.8. The summed E-state index contributed by atoms with van der Waals surface area (Å²) in [7, 11) is 0. The third-order valence-electron chi connectivity index (χ3n) is 3.08. The number of ether oxygens (including phenoxy) is 1. The maximum absolute atomic E-state index is 12.8. The van der Waals surface area contributed by atoms with Crippen LogP contribution in [0.5, 0.6) is 5.75 Å². The predicted octanol–water partition coefficient (Wildman–Crippen LogP) is 4.68. The van der Waals surface area contributed by atoms with E-state index < -0.39 is 61.8 Å². The second kappa shape index (κ2) is 7.77. The van der Waals surface area contributed by atoms with Crippen LogP contribution in [0.4, 0.5) is 32.0 Å². The lowest BCUT2D eigenvalue weighted by Crippen LogP contribution is -2.47. The van der Waals surface area contributed by atoms with Crippen molar-refractivity contribution >= 4 is 40.7 Å². The summed E-state index contributed by atoms with van der Waals surface area (Å²) in [4.78, 5) is -0.747. The molecule has 2 N–H and O–H groups in total. The van der Waals surface area contributed by atoms with E-state index in [1.165, 1.54) is 12.1 Å². The molecule has 0 amide bonds. The summed E-state index contributed by atoms with van der Waals surface area (Å²) < 4.78 is 79.1. The van der Waals surface area contributed by atoms with Gasteiger partial charge in [0.1, 0.15) is 17.5 Å². The number of hydrogen-bond donors (Lipinski definition) is 1. The predicted molar refractivity (Wildman–Crippen MR) is 87.3 cm³/mol. The zero-order valence-corrected chi connectivity index (χ0v) is 15.3. The first-order valence-electron chi connectivity index (χ1n) is 6.67. The average molecular weight is 464 g/mol. The molecule has 0 fully saturated rings. The Balaban J connectivity index is 2.60. The molecular weight excluding hydrogens is 459 g/mol. The summed E-state index contributed by atoms with van der Waals surface area (Å²) in [6, 6.07) is 2.60. The first kappa shape index (κ1) is 22.3. The average Bonchev–Trinajstić information content (AvgIpc) is 2.74. The number of hydrazine groups is 2. The van der Waals surface area contributed by atoms with Crippen LogP contribution in [0.1, 0.15) is 0 Å². The standard InChI is InChI=1S/C13H5Cl2F6N5OS/c14-6-1-5(27-12(16,17)18)2-7(15)10(6)25-8(3-22)11(28-13(19,20)21)9(4-23)26(25)24/h1-2,9H,24H2. The Bertz CT molecular complexity index is 884. The van der Waals surface area contributed by atoms with E-state index in [-0.39, 0.29) is 0 Å². The summed E-state index contributed by atoms with van der Waals surface area (Å²) in [5.41, 5.74) is -5.97. The Morgan fingerprint density at radius 3 is 2.04 bits per heavy atom. The van der Waals surface area contributed by atoms with Crippen LogP contribution in [0.25, 0.3) is 0 Å². The van der Waals surface area contributed by atoms with Crippen molar-refractivity contribution in [3.8, 4) is 17.9 Å². The first-order valence-corrected chi connectivity index (χ1v) is 8.24. The van der Waals surface area contributed by atoms with Gasteiger partial charge < -0.3 is 4.74 Å². The van der Waals surface area contributed by atoms with Gasteiger partial charge in [0.2, 0.25) is 0 Å². The topological polar surface area (TPSA) is 89.3 Å². The van der Waals surface area contributed by atoms with Crippen molar-refractivity contribution in [3.63, 3.8) is 0 Å². The van der Waals surface area contributed by atoms with Gasteiger partial charge in [-0.25, -0.2) is 10.9 Å². The summed E-state index contributed by atoms with van der Waals surface area (Å²) in [6.07, 6.45) is -5.05. The maximum Gasteiger partial charge on any atom is 0.573 e. The highest BCUT2D eigenvalue weighted by Crippen LogP contribution is 2.48. The van der Waals surface area contributed by atoms with Gasteiger partial charge in [0, 0.05) is 12.1 Å². The lowest BCUT2D eigenvalue weighted by atomic mass is 10.2. The molecule has 0 bridgehead atoms. The molecule has 1 unspecified atom stereocenters. The van der Waals surface area contributed by atoms with Gasteiger partial charge in [0.15, 0.2) is 6.04 Å². The molecule has 1 aliphatic rings. The Morgan fingerprint density at radius 2 is 1.64 bits per heavy atom. The number of nitriles is 2. The van der Waals surface area contributed by atoms with Gasteiger partial charge in [-0.05, 0) is 11.8 Å². The summed E-state index contributed by atoms with van der Waals surface area (Å²) in [6.45, 7) is 0. The van der Waals surface area contributed by atoms with Crippen LogP contribution >= 0.6 is 35.0 Å². The van der Waals surface area contributed by atoms with Gasteiger partial charge in [-0.2, -0.15) is 23.7 Å². The number of allylic oxidation sites excluding steroid dienone is 1. The molecule has 0 saturated heterocycles. The molecular formula is C13H5Cl2F6N5OS. The van der Waals surface area contributed by atoms with E-state index in [0.717, 1.165) is 0 Å². The lowest BCUT2D eigenvalue weighted by molar-refractivity contribution is -0.274. The lowest BCUT2D eigenvalue weighted by Gasteiger charge is -2.29. The van der Waals surface area contributed by atoms with Crippen LogP contribution in [0.2, 0.25) is 10.0 Å². The molecule has 0 aliphatic carbocycles. The highest BCUT2D eigenvalue weighted by molar-refractivity contribution is 8.04. The number of benzene rings is 1. The van der Waals surface area contributed by atoms with Gasteiger partial charge >= 0.3 is 11.9 Å². The fraction of sp³-hybridized carbons (Fsp3) is 0.231. The van der Waals surface area contributed by atoms with Gasteiger partial charge in [-0.3, -0.25) is 0 Å². The Hall–Kier alpha value is -2.03. The van der Waals surface area contributed by atoms with Gasteiger partial charge in [-0.1, -0.05) is 23.2 Å². The molecule has 1 aliphatic heterocycles. The van der Waals surface area contributed by atoms with Crippen molar-refractivity contribution in [3.05, 3.63) is 32.8 Å². The van der Waals surface area contributed by atoms with E-state index in [1.54, 1.807) is 0 Å². The van der Waals surface area contributed by atoms with E-state index in [1.807, 2.05) is 0 Å². The van der Waals surface area contributed by atoms with Gasteiger partial charge in [0.25, 0.3) is 0 Å². The Kier molecular flexibility index (Phi) is 6.18. The number of nitrogens with zero attached hydrogens (tertiary/aromatic N) is 4. The Morgan fingerprint density at radius 1 is 1.11 bits per heavy atom. The van der Waals surface area contributed by atoms with Gasteiger partial charge in [-0.15, -0.1) is 18.3 Å². The van der Waals surface area contributed by atoms with E-state index in [9.17, 15) is 31.6 Å². The molecule has 1 aromatic carbocycles. The molecule has 15 heteroatoms. The van der Waals surface area contributed by atoms with Crippen molar-refractivity contribution in [2.45, 2.75) is 17.9 Å². The number of alkyl halides is 6. The highest BCUT2D eigenvalue weighted by atomic mass is 35.5. The van der Waals surface area contributed by atoms with E-state index in [0.29, 0.717) is 22.3 Å². The molecule has 6 nitrogen and oxygen atoms in total. The summed E-state index contributed by atoms with van der Waals surface area (Å²) in [5.74, 6) is 4.85. The smallest absolute Gasteiger partial charge is 0.406 e. The van der Waals surface area contributed by atoms with Crippen molar-refractivity contribution in [1.82, 2.24) is 5.12 Å². The molecule has 150 valence electrons. The minimum atomic E-state index is -5.05.